The first-order chi connectivity index (χ1) is 20.3. The Morgan fingerprint density at radius 1 is 1.09 bits per heavy atom. The Kier molecular flexibility index (Phi) is 10.7. The zero-order valence-electron chi connectivity index (χ0n) is 28.0. The second-order valence-electron chi connectivity index (χ2n) is 14.2. The van der Waals surface area contributed by atoms with Crippen molar-refractivity contribution >= 4 is 23.9 Å². The smallest absolute Gasteiger partial charge is 0.330 e. The molecule has 0 bridgehead atoms. The number of rotatable bonds is 12. The number of methoxy groups -OCH3 is 1. The van der Waals surface area contributed by atoms with Crippen molar-refractivity contribution in [1.29, 1.82) is 0 Å². The summed E-state index contributed by atoms with van der Waals surface area (Å²) in [6.07, 6.45) is 9.46. The van der Waals surface area contributed by atoms with E-state index in [1.165, 1.54) is 33.5 Å². The van der Waals surface area contributed by atoms with Crippen LogP contribution in [0.15, 0.2) is 34.9 Å². The van der Waals surface area contributed by atoms with Crippen LogP contribution in [0.25, 0.3) is 0 Å². The molecule has 2 N–H and O–H groups in total. The van der Waals surface area contributed by atoms with Gasteiger partial charge in [0.2, 0.25) is 0 Å². The van der Waals surface area contributed by atoms with E-state index in [9.17, 15) is 29.4 Å². The predicted octanol–water partition coefficient (Wildman–Crippen LogP) is 5.95. The fourth-order valence-electron chi connectivity index (χ4n) is 8.70. The normalized spacial score (nSPS) is 31.5. The SMILES string of the molecule is COC(=O)CC[C@]1(COC(C)=O)C2=CC[C@]3(C)[C@@H]([C@H](C)[C@H](C/C=C(\C)C(=O)O)OC(C)=O)CC[C@@]3(C)C2=CC[C@H]1C(C)(C)O. The summed E-state index contributed by atoms with van der Waals surface area (Å²) in [7, 11) is 1.36. The van der Waals surface area contributed by atoms with Crippen molar-refractivity contribution in [3.63, 3.8) is 0 Å². The highest BCUT2D eigenvalue weighted by Crippen LogP contribution is 2.70. The highest BCUT2D eigenvalue weighted by Gasteiger charge is 2.63. The number of aliphatic carboxylic acids is 1. The van der Waals surface area contributed by atoms with Crippen molar-refractivity contribution in [1.82, 2.24) is 0 Å². The van der Waals surface area contributed by atoms with Crippen LogP contribution in [0.4, 0.5) is 0 Å². The first kappa shape index (κ1) is 35.5. The Labute approximate surface area is 262 Å². The van der Waals surface area contributed by atoms with Gasteiger partial charge < -0.3 is 24.4 Å². The number of carbonyl (C=O) groups excluding carboxylic acids is 3. The molecule has 1 saturated carbocycles. The van der Waals surface area contributed by atoms with Gasteiger partial charge in [0.1, 0.15) is 12.7 Å². The van der Waals surface area contributed by atoms with Gasteiger partial charge in [-0.15, -0.1) is 0 Å². The molecule has 0 radical (unpaired) electrons. The topological polar surface area (TPSA) is 136 Å². The summed E-state index contributed by atoms with van der Waals surface area (Å²) in [6, 6.07) is 0. The lowest BCUT2D eigenvalue weighted by atomic mass is 9.47. The van der Waals surface area contributed by atoms with Crippen LogP contribution < -0.4 is 0 Å². The predicted molar refractivity (Wildman–Crippen MR) is 165 cm³/mol. The molecular formula is C35H52O9. The molecule has 7 atom stereocenters. The van der Waals surface area contributed by atoms with E-state index in [2.05, 4.69) is 32.9 Å². The zero-order valence-corrected chi connectivity index (χ0v) is 28.0. The maximum absolute atomic E-state index is 12.4. The van der Waals surface area contributed by atoms with E-state index in [1.807, 2.05) is 0 Å². The third kappa shape index (κ3) is 6.68. The monoisotopic (exact) mass is 616 g/mol. The molecule has 3 aliphatic rings. The molecule has 1 fully saturated rings. The Bertz CT molecular complexity index is 1240. The van der Waals surface area contributed by atoms with Gasteiger partial charge >= 0.3 is 23.9 Å². The largest absolute Gasteiger partial charge is 0.478 e. The van der Waals surface area contributed by atoms with Crippen LogP contribution in [0.2, 0.25) is 0 Å². The number of carboxylic acid groups (broad SMARTS) is 1. The van der Waals surface area contributed by atoms with Gasteiger partial charge in [-0.25, -0.2) is 4.79 Å². The first-order valence-corrected chi connectivity index (χ1v) is 15.8. The van der Waals surface area contributed by atoms with Crippen LogP contribution in [0.1, 0.15) is 100 Å². The molecule has 0 spiro atoms. The summed E-state index contributed by atoms with van der Waals surface area (Å²) in [5.74, 6) is -2.36. The summed E-state index contributed by atoms with van der Waals surface area (Å²) in [5, 5.41) is 20.8. The summed E-state index contributed by atoms with van der Waals surface area (Å²) in [4.78, 5) is 48.1. The van der Waals surface area contributed by atoms with Crippen LogP contribution in [-0.2, 0) is 33.4 Å². The molecule has 44 heavy (non-hydrogen) atoms. The van der Waals surface area contributed by atoms with E-state index in [-0.39, 0.29) is 53.2 Å². The lowest BCUT2D eigenvalue weighted by Crippen LogP contribution is -2.54. The molecule has 0 amide bonds. The number of carbonyl (C=O) groups is 4. The third-order valence-corrected chi connectivity index (χ3v) is 11.3. The highest BCUT2D eigenvalue weighted by molar-refractivity contribution is 5.85. The molecule has 9 heteroatoms. The number of esters is 3. The van der Waals surface area contributed by atoms with Crippen molar-refractivity contribution in [3.8, 4) is 0 Å². The van der Waals surface area contributed by atoms with Crippen LogP contribution in [0.5, 0.6) is 0 Å². The van der Waals surface area contributed by atoms with E-state index in [4.69, 9.17) is 14.2 Å². The van der Waals surface area contributed by atoms with Gasteiger partial charge in [0, 0.05) is 43.6 Å². The number of aliphatic hydroxyl groups is 1. The lowest BCUT2D eigenvalue weighted by molar-refractivity contribution is -0.151. The van der Waals surface area contributed by atoms with Crippen LogP contribution >= 0.6 is 0 Å². The summed E-state index contributed by atoms with van der Waals surface area (Å²) >= 11 is 0. The summed E-state index contributed by atoms with van der Waals surface area (Å²) in [5.41, 5.74) is 0.00740. The molecule has 3 aliphatic carbocycles. The number of carboxylic acids is 1. The van der Waals surface area contributed by atoms with Crippen molar-refractivity contribution in [2.75, 3.05) is 13.7 Å². The second-order valence-corrected chi connectivity index (χ2v) is 14.2. The lowest BCUT2D eigenvalue weighted by Gasteiger charge is -2.58. The van der Waals surface area contributed by atoms with E-state index < -0.39 is 35.0 Å². The fraction of sp³-hybridized carbons (Fsp3) is 0.714. The van der Waals surface area contributed by atoms with Crippen LogP contribution in [0, 0.1) is 34.0 Å². The molecule has 0 aromatic carbocycles. The fourth-order valence-corrected chi connectivity index (χ4v) is 8.70. The average molecular weight is 617 g/mol. The van der Waals surface area contributed by atoms with Gasteiger partial charge in [0.15, 0.2) is 0 Å². The molecule has 246 valence electrons. The maximum atomic E-state index is 12.4. The average Bonchev–Trinajstić information content (AvgIpc) is 3.22. The zero-order chi connectivity index (χ0) is 33.3. The quantitative estimate of drug-likeness (QED) is 0.155. The van der Waals surface area contributed by atoms with Gasteiger partial charge in [-0.1, -0.05) is 39.0 Å². The van der Waals surface area contributed by atoms with E-state index in [1.54, 1.807) is 19.9 Å². The second kappa shape index (κ2) is 13.2. The van der Waals surface area contributed by atoms with Gasteiger partial charge in [-0.05, 0) is 86.7 Å². The van der Waals surface area contributed by atoms with E-state index >= 15 is 0 Å². The molecule has 0 unspecified atom stereocenters. The minimum atomic E-state index is -1.12. The van der Waals surface area contributed by atoms with E-state index in [0.717, 1.165) is 18.4 Å². The number of ether oxygens (including phenoxy) is 3. The minimum absolute atomic E-state index is 0.0445. The van der Waals surface area contributed by atoms with Crippen LogP contribution in [0.3, 0.4) is 0 Å². The molecular weight excluding hydrogens is 564 g/mol. The molecule has 0 aliphatic heterocycles. The van der Waals surface area contributed by atoms with E-state index in [0.29, 0.717) is 25.7 Å². The molecule has 9 nitrogen and oxygen atoms in total. The molecule has 0 heterocycles. The Morgan fingerprint density at radius 2 is 1.75 bits per heavy atom. The standard InChI is InChI=1S/C35H52O9/c1-21(31(39)40)10-12-28(44-24(4)37)22(2)25-14-17-34(8)26-11-13-29(32(5,6)41)35(20-43-23(3)36,19-16-30(38)42-9)27(26)15-18-33(25,34)7/h10-11,15,22,25,28-29,41H,12-14,16-20H2,1-9H3,(H,39,40)/b21-10+/t22-,25+,28-,29-,33+,34-,35-/m0/s1. The van der Waals surface area contributed by atoms with Gasteiger partial charge in [-0.2, -0.15) is 0 Å². The molecule has 0 aromatic heterocycles. The van der Waals surface area contributed by atoms with Gasteiger partial charge in [0.25, 0.3) is 0 Å². The molecule has 3 rings (SSSR count). The Morgan fingerprint density at radius 3 is 2.30 bits per heavy atom. The third-order valence-electron chi connectivity index (χ3n) is 11.3. The highest BCUT2D eigenvalue weighted by atomic mass is 16.5. The maximum Gasteiger partial charge on any atom is 0.330 e. The van der Waals surface area contributed by atoms with Crippen LogP contribution in [-0.4, -0.2) is 59.5 Å². The van der Waals surface area contributed by atoms with Gasteiger partial charge in [0.05, 0.1) is 12.7 Å². The molecule has 0 saturated heterocycles. The minimum Gasteiger partial charge on any atom is -0.478 e. The Hall–Kier alpha value is -2.94. The molecule has 0 aromatic rings. The number of allylic oxidation sites excluding steroid dienone is 3. The summed E-state index contributed by atoms with van der Waals surface area (Å²) < 4.78 is 16.5. The number of hydrogen-bond acceptors (Lipinski definition) is 8. The number of hydrogen-bond donors (Lipinski definition) is 2. The summed E-state index contributed by atoms with van der Waals surface area (Å²) in [6.45, 7) is 14.6. The van der Waals surface area contributed by atoms with Crippen molar-refractivity contribution < 1.29 is 43.6 Å². The van der Waals surface area contributed by atoms with Crippen molar-refractivity contribution in [3.05, 3.63) is 34.9 Å². The van der Waals surface area contributed by atoms with Gasteiger partial charge in [-0.3, -0.25) is 14.4 Å². The number of fused-ring (bicyclic) bond motifs is 3. The first-order valence-electron chi connectivity index (χ1n) is 15.8. The Balaban J connectivity index is 2.11. The van der Waals surface area contributed by atoms with Crippen molar-refractivity contribution in [2.24, 2.45) is 34.0 Å². The van der Waals surface area contributed by atoms with Crippen molar-refractivity contribution in [2.45, 2.75) is 112 Å².